The molecule has 0 saturated carbocycles. The molecule has 0 spiro atoms. The Morgan fingerprint density at radius 3 is 2.18 bits per heavy atom. The van der Waals surface area contributed by atoms with E-state index in [-0.39, 0.29) is 6.61 Å². The summed E-state index contributed by atoms with van der Waals surface area (Å²) in [5, 5.41) is 17.1. The Bertz CT molecular complexity index is 1220. The van der Waals surface area contributed by atoms with Crippen LogP contribution in [-0.2, 0) is 20.5 Å². The molecule has 2 amide bonds. The SMILES string of the molecule is O=C(O)CC(NC(=O)CNC(=O)OCCNc1ccccn1)c1ccc(-c2ccc(C(F)(F)F)cc2)cc1. The molecule has 1 atom stereocenters. The van der Waals surface area contributed by atoms with E-state index in [0.29, 0.717) is 29.1 Å². The smallest absolute Gasteiger partial charge is 0.416 e. The Morgan fingerprint density at radius 2 is 1.61 bits per heavy atom. The number of halogens is 3. The molecule has 9 nitrogen and oxygen atoms in total. The summed E-state index contributed by atoms with van der Waals surface area (Å²) >= 11 is 0. The minimum Gasteiger partial charge on any atom is -0.481 e. The number of aromatic nitrogens is 1. The molecule has 200 valence electrons. The van der Waals surface area contributed by atoms with Gasteiger partial charge in [0, 0.05) is 6.20 Å². The minimum absolute atomic E-state index is 0.0247. The van der Waals surface area contributed by atoms with Gasteiger partial charge in [0.2, 0.25) is 5.91 Å². The first-order valence-corrected chi connectivity index (χ1v) is 11.5. The van der Waals surface area contributed by atoms with Crippen molar-refractivity contribution in [1.82, 2.24) is 15.6 Å². The maximum Gasteiger partial charge on any atom is 0.416 e. The second kappa shape index (κ2) is 13.1. The normalized spacial score (nSPS) is 11.8. The highest BCUT2D eigenvalue weighted by Crippen LogP contribution is 2.31. The number of amides is 2. The van der Waals surface area contributed by atoms with Gasteiger partial charge in [-0.05, 0) is 41.0 Å². The predicted molar refractivity (Wildman–Crippen MR) is 132 cm³/mol. The van der Waals surface area contributed by atoms with Crippen molar-refractivity contribution in [3.05, 3.63) is 84.1 Å². The molecule has 1 heterocycles. The molecule has 1 unspecified atom stereocenters. The van der Waals surface area contributed by atoms with E-state index in [9.17, 15) is 32.7 Å². The van der Waals surface area contributed by atoms with Crippen LogP contribution in [0.2, 0.25) is 0 Å². The number of benzene rings is 2. The lowest BCUT2D eigenvalue weighted by atomic mass is 9.98. The van der Waals surface area contributed by atoms with Gasteiger partial charge in [-0.25, -0.2) is 9.78 Å². The number of anilines is 1. The molecule has 38 heavy (non-hydrogen) atoms. The Kier molecular flexibility index (Phi) is 9.63. The third-order valence-electron chi connectivity index (χ3n) is 5.27. The van der Waals surface area contributed by atoms with E-state index in [1.807, 2.05) is 0 Å². The fourth-order valence-corrected chi connectivity index (χ4v) is 3.43. The van der Waals surface area contributed by atoms with E-state index in [1.165, 1.54) is 12.1 Å². The molecule has 3 rings (SSSR count). The van der Waals surface area contributed by atoms with Crippen LogP contribution < -0.4 is 16.0 Å². The Hall–Kier alpha value is -4.61. The van der Waals surface area contributed by atoms with Crippen LogP contribution in [0.3, 0.4) is 0 Å². The summed E-state index contributed by atoms with van der Waals surface area (Å²) in [7, 11) is 0. The number of hydrogen-bond acceptors (Lipinski definition) is 6. The number of carbonyl (C=O) groups excluding carboxylic acids is 2. The van der Waals surface area contributed by atoms with Crippen molar-refractivity contribution in [3.8, 4) is 11.1 Å². The van der Waals surface area contributed by atoms with Crippen LogP contribution in [0.5, 0.6) is 0 Å². The zero-order valence-corrected chi connectivity index (χ0v) is 20.0. The molecule has 12 heteroatoms. The zero-order valence-electron chi connectivity index (χ0n) is 20.0. The minimum atomic E-state index is -4.44. The summed E-state index contributed by atoms with van der Waals surface area (Å²) in [6.07, 6.45) is -4.07. The van der Waals surface area contributed by atoms with E-state index in [4.69, 9.17) is 4.74 Å². The quantitative estimate of drug-likeness (QED) is 0.273. The number of rotatable bonds is 11. The van der Waals surface area contributed by atoms with Gasteiger partial charge in [0.15, 0.2) is 0 Å². The average Bonchev–Trinajstić information content (AvgIpc) is 2.89. The summed E-state index contributed by atoms with van der Waals surface area (Å²) in [5.74, 6) is -1.17. The number of carbonyl (C=O) groups is 3. The number of alkyl carbamates (subject to hydrolysis) is 1. The molecule has 0 aliphatic heterocycles. The van der Waals surface area contributed by atoms with Gasteiger partial charge in [0.05, 0.1) is 24.6 Å². The van der Waals surface area contributed by atoms with Crippen LogP contribution in [0, 0.1) is 0 Å². The van der Waals surface area contributed by atoms with Gasteiger partial charge in [-0.3, -0.25) is 9.59 Å². The number of carboxylic acid groups (broad SMARTS) is 1. The number of pyridine rings is 1. The van der Waals surface area contributed by atoms with E-state index >= 15 is 0 Å². The number of nitrogens with one attached hydrogen (secondary N) is 3. The van der Waals surface area contributed by atoms with Gasteiger partial charge in [-0.15, -0.1) is 0 Å². The molecular weight excluding hydrogens is 505 g/mol. The summed E-state index contributed by atoms with van der Waals surface area (Å²) < 4.78 is 43.3. The van der Waals surface area contributed by atoms with Crippen molar-refractivity contribution in [1.29, 1.82) is 0 Å². The maximum atomic E-state index is 12.8. The standard InChI is InChI=1S/C26H25F3N4O5/c27-26(28,29)20-10-8-18(9-11-20)17-4-6-19(7-5-17)21(15-24(35)36)33-23(34)16-32-25(37)38-14-13-31-22-3-1-2-12-30-22/h1-12,21H,13-16H2,(H,30,31)(H,32,37)(H,33,34)(H,35,36). The van der Waals surface area contributed by atoms with E-state index < -0.39 is 48.7 Å². The number of carboxylic acids is 1. The van der Waals surface area contributed by atoms with E-state index in [2.05, 4.69) is 20.9 Å². The van der Waals surface area contributed by atoms with E-state index in [0.717, 1.165) is 12.1 Å². The predicted octanol–water partition coefficient (Wildman–Crippen LogP) is 4.24. The van der Waals surface area contributed by atoms with Gasteiger partial charge < -0.3 is 25.8 Å². The summed E-state index contributed by atoms with van der Waals surface area (Å²) in [4.78, 5) is 39.6. The van der Waals surface area contributed by atoms with Crippen LogP contribution in [0.15, 0.2) is 72.9 Å². The first-order chi connectivity index (χ1) is 18.1. The first-order valence-electron chi connectivity index (χ1n) is 11.5. The fraction of sp³-hybridized carbons (Fsp3) is 0.231. The Balaban J connectivity index is 1.51. The highest BCUT2D eigenvalue weighted by molar-refractivity contribution is 5.83. The topological polar surface area (TPSA) is 130 Å². The van der Waals surface area contributed by atoms with Gasteiger partial charge in [-0.1, -0.05) is 42.5 Å². The first kappa shape index (κ1) is 28.0. The van der Waals surface area contributed by atoms with Gasteiger partial charge in [-0.2, -0.15) is 13.2 Å². The number of ether oxygens (including phenoxy) is 1. The molecule has 2 aromatic carbocycles. The number of aliphatic carboxylic acids is 1. The highest BCUT2D eigenvalue weighted by atomic mass is 19.4. The molecule has 1 aromatic heterocycles. The van der Waals surface area contributed by atoms with Crippen molar-refractivity contribution in [2.75, 3.05) is 25.0 Å². The van der Waals surface area contributed by atoms with Crippen molar-refractivity contribution < 1.29 is 37.4 Å². The largest absolute Gasteiger partial charge is 0.481 e. The second-order valence-corrected chi connectivity index (χ2v) is 8.05. The van der Waals surface area contributed by atoms with Crippen LogP contribution in [0.1, 0.15) is 23.6 Å². The Morgan fingerprint density at radius 1 is 0.947 bits per heavy atom. The molecule has 0 fully saturated rings. The van der Waals surface area contributed by atoms with Crippen molar-refractivity contribution in [2.24, 2.45) is 0 Å². The fourth-order valence-electron chi connectivity index (χ4n) is 3.43. The maximum absolute atomic E-state index is 12.8. The lowest BCUT2D eigenvalue weighted by molar-refractivity contribution is -0.138. The number of alkyl halides is 3. The van der Waals surface area contributed by atoms with Gasteiger partial charge in [0.1, 0.15) is 19.0 Å². The second-order valence-electron chi connectivity index (χ2n) is 8.05. The van der Waals surface area contributed by atoms with Gasteiger partial charge >= 0.3 is 18.2 Å². The summed E-state index contributed by atoms with van der Waals surface area (Å²) in [6, 6.07) is 15.4. The third-order valence-corrected chi connectivity index (χ3v) is 5.27. The molecule has 0 aliphatic carbocycles. The molecule has 0 aliphatic rings. The monoisotopic (exact) mass is 530 g/mol. The van der Waals surface area contributed by atoms with Crippen LogP contribution in [0.4, 0.5) is 23.8 Å². The Labute approximate surface area is 216 Å². The van der Waals surface area contributed by atoms with Crippen molar-refractivity contribution >= 4 is 23.8 Å². The van der Waals surface area contributed by atoms with Crippen LogP contribution >= 0.6 is 0 Å². The van der Waals surface area contributed by atoms with Gasteiger partial charge in [0.25, 0.3) is 0 Å². The van der Waals surface area contributed by atoms with Crippen molar-refractivity contribution in [2.45, 2.75) is 18.6 Å². The van der Waals surface area contributed by atoms with Crippen LogP contribution in [-0.4, -0.2) is 47.8 Å². The highest BCUT2D eigenvalue weighted by Gasteiger charge is 2.30. The molecule has 4 N–H and O–H groups in total. The third kappa shape index (κ3) is 8.80. The lowest BCUT2D eigenvalue weighted by Gasteiger charge is -2.18. The summed E-state index contributed by atoms with van der Waals surface area (Å²) in [6.45, 7) is -0.108. The number of nitrogens with zero attached hydrogens (tertiary/aromatic N) is 1. The molecule has 0 radical (unpaired) electrons. The molecular formula is C26H25F3N4O5. The average molecular weight is 531 g/mol. The molecule has 0 bridgehead atoms. The number of hydrogen-bond donors (Lipinski definition) is 4. The lowest BCUT2D eigenvalue weighted by Crippen LogP contribution is -2.39. The van der Waals surface area contributed by atoms with E-state index in [1.54, 1.807) is 48.7 Å². The molecule has 3 aromatic rings. The van der Waals surface area contributed by atoms with Crippen LogP contribution in [0.25, 0.3) is 11.1 Å². The molecule has 0 saturated heterocycles. The zero-order chi connectivity index (χ0) is 27.5. The summed E-state index contributed by atoms with van der Waals surface area (Å²) in [5.41, 5.74) is 0.867. The van der Waals surface area contributed by atoms with Crippen molar-refractivity contribution in [3.63, 3.8) is 0 Å².